The highest BCUT2D eigenvalue weighted by Gasteiger charge is 2.21. The van der Waals surface area contributed by atoms with Crippen molar-refractivity contribution in [1.82, 2.24) is 15.5 Å². The first kappa shape index (κ1) is 14.3. The van der Waals surface area contributed by atoms with E-state index < -0.39 is 0 Å². The molecule has 0 saturated heterocycles. The Morgan fingerprint density at radius 1 is 1.14 bits per heavy atom. The van der Waals surface area contributed by atoms with Gasteiger partial charge in [0.15, 0.2) is 0 Å². The average molecular weight is 285 g/mol. The molecule has 0 bridgehead atoms. The molecule has 0 amide bonds. The summed E-state index contributed by atoms with van der Waals surface area (Å²) >= 11 is 0. The van der Waals surface area contributed by atoms with E-state index >= 15 is 0 Å². The summed E-state index contributed by atoms with van der Waals surface area (Å²) in [4.78, 5) is 0. The largest absolute Gasteiger partial charge is 0.423 e. The van der Waals surface area contributed by atoms with Gasteiger partial charge in [-0.2, -0.15) is 0 Å². The summed E-state index contributed by atoms with van der Waals surface area (Å²) in [6, 6.07) is 10.2. The molecule has 1 atom stereocenters. The van der Waals surface area contributed by atoms with Gasteiger partial charge in [-0.25, -0.2) is 0 Å². The molecular formula is C17H23N3O. The molecule has 0 spiro atoms. The molecule has 1 saturated carbocycles. The molecule has 1 heterocycles. The monoisotopic (exact) mass is 285 g/mol. The Balaban J connectivity index is 1.71. The number of rotatable bonds is 5. The van der Waals surface area contributed by atoms with Gasteiger partial charge in [0.2, 0.25) is 11.8 Å². The fourth-order valence-electron chi connectivity index (χ4n) is 3.18. The maximum atomic E-state index is 5.91. The predicted octanol–water partition coefficient (Wildman–Crippen LogP) is 3.50. The van der Waals surface area contributed by atoms with Crippen molar-refractivity contribution >= 4 is 0 Å². The van der Waals surface area contributed by atoms with E-state index in [1.54, 1.807) is 0 Å². The molecule has 4 nitrogen and oxygen atoms in total. The van der Waals surface area contributed by atoms with Crippen LogP contribution < -0.4 is 5.32 Å². The van der Waals surface area contributed by atoms with Crippen LogP contribution in [0.4, 0.5) is 0 Å². The highest BCUT2D eigenvalue weighted by Crippen LogP contribution is 2.27. The first-order valence-electron chi connectivity index (χ1n) is 7.91. The SMILES string of the molecule is CNC(c1ccccc1)c1nnc(CC2CCCCC2)o1. The minimum atomic E-state index is -0.0289. The van der Waals surface area contributed by atoms with Crippen LogP contribution in [0, 0.1) is 5.92 Å². The van der Waals surface area contributed by atoms with Gasteiger partial charge in [0.25, 0.3) is 0 Å². The summed E-state index contributed by atoms with van der Waals surface area (Å²) in [5, 5.41) is 11.8. The van der Waals surface area contributed by atoms with E-state index in [2.05, 4.69) is 27.6 Å². The van der Waals surface area contributed by atoms with Crippen molar-refractivity contribution in [2.75, 3.05) is 7.05 Å². The zero-order valence-corrected chi connectivity index (χ0v) is 12.6. The molecule has 1 aromatic carbocycles. The average Bonchev–Trinajstić information content (AvgIpc) is 2.98. The number of aromatic nitrogens is 2. The second kappa shape index (κ2) is 6.85. The van der Waals surface area contributed by atoms with Crippen molar-refractivity contribution in [3.05, 3.63) is 47.7 Å². The topological polar surface area (TPSA) is 51.0 Å². The lowest BCUT2D eigenvalue weighted by atomic mass is 9.87. The molecule has 1 aliphatic rings. The highest BCUT2D eigenvalue weighted by molar-refractivity contribution is 5.23. The second-order valence-electron chi connectivity index (χ2n) is 5.87. The van der Waals surface area contributed by atoms with Gasteiger partial charge >= 0.3 is 0 Å². The first-order chi connectivity index (χ1) is 10.4. The van der Waals surface area contributed by atoms with Gasteiger partial charge < -0.3 is 9.73 Å². The fourth-order valence-corrected chi connectivity index (χ4v) is 3.18. The van der Waals surface area contributed by atoms with Gasteiger partial charge in [0.1, 0.15) is 6.04 Å². The lowest BCUT2D eigenvalue weighted by molar-refractivity contribution is 0.320. The third-order valence-electron chi connectivity index (χ3n) is 4.34. The summed E-state index contributed by atoms with van der Waals surface area (Å²) in [5.74, 6) is 2.17. The van der Waals surface area contributed by atoms with Crippen molar-refractivity contribution in [3.63, 3.8) is 0 Å². The predicted molar refractivity (Wildman–Crippen MR) is 81.9 cm³/mol. The van der Waals surface area contributed by atoms with Gasteiger partial charge in [-0.3, -0.25) is 0 Å². The standard InChI is InChI=1S/C17H23N3O/c1-18-16(14-10-6-3-7-11-14)17-20-19-15(21-17)12-13-8-4-2-5-9-13/h3,6-7,10-11,13,16,18H,2,4-5,8-9,12H2,1H3. The number of nitrogens with one attached hydrogen (secondary N) is 1. The quantitative estimate of drug-likeness (QED) is 0.913. The molecule has 1 aromatic heterocycles. The van der Waals surface area contributed by atoms with Crippen molar-refractivity contribution in [1.29, 1.82) is 0 Å². The molecule has 21 heavy (non-hydrogen) atoms. The van der Waals surface area contributed by atoms with Crippen molar-refractivity contribution in [2.45, 2.75) is 44.6 Å². The zero-order chi connectivity index (χ0) is 14.5. The highest BCUT2D eigenvalue weighted by atomic mass is 16.4. The van der Waals surface area contributed by atoms with Gasteiger partial charge in [0, 0.05) is 6.42 Å². The van der Waals surface area contributed by atoms with Gasteiger partial charge in [-0.15, -0.1) is 10.2 Å². The summed E-state index contributed by atoms with van der Waals surface area (Å²) < 4.78 is 5.91. The van der Waals surface area contributed by atoms with E-state index in [1.165, 1.54) is 32.1 Å². The van der Waals surface area contributed by atoms with E-state index in [0.29, 0.717) is 5.89 Å². The molecule has 3 rings (SSSR count). The van der Waals surface area contributed by atoms with Crippen LogP contribution in [0.25, 0.3) is 0 Å². The van der Waals surface area contributed by atoms with Crippen molar-refractivity contribution < 1.29 is 4.42 Å². The third-order valence-corrected chi connectivity index (χ3v) is 4.34. The third kappa shape index (κ3) is 3.50. The van der Waals surface area contributed by atoms with Crippen LogP contribution in [0.3, 0.4) is 0 Å². The van der Waals surface area contributed by atoms with Crippen LogP contribution in [0.5, 0.6) is 0 Å². The molecule has 0 aliphatic heterocycles. The minimum absolute atomic E-state index is 0.0289. The Bertz CT molecular complexity index is 546. The molecule has 1 aliphatic carbocycles. The molecule has 1 fully saturated rings. The first-order valence-corrected chi connectivity index (χ1v) is 7.91. The molecule has 4 heteroatoms. The summed E-state index contributed by atoms with van der Waals surface area (Å²) in [6.07, 6.45) is 7.58. The van der Waals surface area contributed by atoms with E-state index in [9.17, 15) is 0 Å². The number of hydrogen-bond donors (Lipinski definition) is 1. The van der Waals surface area contributed by atoms with Crippen LogP contribution in [-0.2, 0) is 6.42 Å². The number of nitrogens with zero attached hydrogens (tertiary/aromatic N) is 2. The Hall–Kier alpha value is -1.68. The van der Waals surface area contributed by atoms with Crippen molar-refractivity contribution in [2.24, 2.45) is 5.92 Å². The van der Waals surface area contributed by atoms with Gasteiger partial charge in [-0.05, 0) is 31.4 Å². The molecule has 1 unspecified atom stereocenters. The smallest absolute Gasteiger partial charge is 0.237 e. The Kier molecular flexibility index (Phi) is 4.65. The van der Waals surface area contributed by atoms with E-state index in [4.69, 9.17) is 4.42 Å². The van der Waals surface area contributed by atoms with E-state index in [0.717, 1.165) is 23.8 Å². The van der Waals surface area contributed by atoms with Crippen LogP contribution in [0.15, 0.2) is 34.7 Å². The van der Waals surface area contributed by atoms with E-state index in [1.807, 2.05) is 25.2 Å². The lowest BCUT2D eigenvalue weighted by Crippen LogP contribution is -2.17. The summed E-state index contributed by atoms with van der Waals surface area (Å²) in [7, 11) is 1.92. The fraction of sp³-hybridized carbons (Fsp3) is 0.529. The Morgan fingerprint density at radius 2 is 1.90 bits per heavy atom. The molecular weight excluding hydrogens is 262 g/mol. The van der Waals surface area contributed by atoms with Crippen molar-refractivity contribution in [3.8, 4) is 0 Å². The van der Waals surface area contributed by atoms with Crippen LogP contribution in [0.2, 0.25) is 0 Å². The molecule has 0 radical (unpaired) electrons. The number of benzene rings is 1. The minimum Gasteiger partial charge on any atom is -0.423 e. The Labute approximate surface area is 126 Å². The van der Waals surface area contributed by atoms with Crippen LogP contribution in [-0.4, -0.2) is 17.2 Å². The van der Waals surface area contributed by atoms with Gasteiger partial charge in [0.05, 0.1) is 0 Å². The molecule has 112 valence electrons. The normalized spacial score (nSPS) is 17.8. The Morgan fingerprint density at radius 3 is 2.62 bits per heavy atom. The second-order valence-corrected chi connectivity index (χ2v) is 5.87. The summed E-state index contributed by atoms with van der Waals surface area (Å²) in [5.41, 5.74) is 1.15. The maximum absolute atomic E-state index is 5.91. The van der Waals surface area contributed by atoms with E-state index in [-0.39, 0.29) is 6.04 Å². The molecule has 2 aromatic rings. The van der Waals surface area contributed by atoms with Gasteiger partial charge in [-0.1, -0.05) is 49.6 Å². The molecule has 1 N–H and O–H groups in total. The van der Waals surface area contributed by atoms with Crippen LogP contribution in [0.1, 0.15) is 55.5 Å². The lowest BCUT2D eigenvalue weighted by Gasteiger charge is -2.19. The number of hydrogen-bond acceptors (Lipinski definition) is 4. The summed E-state index contributed by atoms with van der Waals surface area (Å²) in [6.45, 7) is 0. The zero-order valence-electron chi connectivity index (χ0n) is 12.6. The van der Waals surface area contributed by atoms with Crippen LogP contribution >= 0.6 is 0 Å². The maximum Gasteiger partial charge on any atom is 0.237 e.